The van der Waals surface area contributed by atoms with Crippen LogP contribution < -0.4 is 0 Å². The van der Waals surface area contributed by atoms with E-state index in [-0.39, 0.29) is 17.4 Å². The molecule has 2 bridgehead atoms. The number of aromatic nitrogens is 3. The first-order chi connectivity index (χ1) is 10.4. The van der Waals surface area contributed by atoms with Gasteiger partial charge < -0.3 is 4.90 Å². The molecular weight excluding hydrogens is 276 g/mol. The van der Waals surface area contributed by atoms with Gasteiger partial charge in [0.15, 0.2) is 5.65 Å². The van der Waals surface area contributed by atoms with E-state index in [0.29, 0.717) is 6.04 Å². The van der Waals surface area contributed by atoms with Crippen molar-refractivity contribution >= 4 is 11.6 Å². The Labute approximate surface area is 130 Å². The summed E-state index contributed by atoms with van der Waals surface area (Å²) in [5.41, 5.74) is 4.42. The van der Waals surface area contributed by atoms with Crippen LogP contribution in [0.25, 0.3) is 5.65 Å². The molecule has 0 spiro atoms. The van der Waals surface area contributed by atoms with Gasteiger partial charge in [-0.15, -0.1) is 0 Å². The van der Waals surface area contributed by atoms with Gasteiger partial charge in [-0.05, 0) is 12.8 Å². The molecule has 1 saturated heterocycles. The smallest absolute Gasteiger partial charge is 0.220 e. The van der Waals surface area contributed by atoms with Crippen molar-refractivity contribution in [2.24, 2.45) is 0 Å². The highest BCUT2D eigenvalue weighted by molar-refractivity contribution is 5.75. The number of fused-ring (bicyclic) bond motifs is 6. The molecule has 2 atom stereocenters. The van der Waals surface area contributed by atoms with Crippen molar-refractivity contribution in [2.75, 3.05) is 0 Å². The van der Waals surface area contributed by atoms with Gasteiger partial charge in [0.25, 0.3) is 0 Å². The van der Waals surface area contributed by atoms with E-state index in [0.717, 1.165) is 30.6 Å². The second-order valence-corrected chi connectivity index (χ2v) is 7.59. The van der Waals surface area contributed by atoms with Crippen LogP contribution in [-0.4, -0.2) is 31.4 Å². The summed E-state index contributed by atoms with van der Waals surface area (Å²) < 4.78 is 2.01. The summed E-state index contributed by atoms with van der Waals surface area (Å²) >= 11 is 0. The van der Waals surface area contributed by atoms with Gasteiger partial charge in [0.1, 0.15) is 0 Å². The van der Waals surface area contributed by atoms with Crippen molar-refractivity contribution < 1.29 is 4.79 Å². The number of amides is 1. The zero-order valence-electron chi connectivity index (χ0n) is 13.6. The monoisotopic (exact) mass is 298 g/mol. The number of hydrogen-bond acceptors (Lipinski definition) is 3. The third-order valence-corrected chi connectivity index (χ3v) is 5.04. The Morgan fingerprint density at radius 3 is 2.77 bits per heavy atom. The molecule has 0 N–H and O–H groups in total. The molecule has 0 aromatic carbocycles. The summed E-state index contributed by atoms with van der Waals surface area (Å²) in [6, 6.07) is 2.59. The van der Waals surface area contributed by atoms with Crippen molar-refractivity contribution in [2.45, 2.75) is 64.5 Å². The van der Waals surface area contributed by atoms with E-state index < -0.39 is 0 Å². The molecular formula is C17H22N4O. The molecule has 2 aromatic heterocycles. The second-order valence-electron chi connectivity index (χ2n) is 7.59. The Morgan fingerprint density at radius 2 is 2.09 bits per heavy atom. The molecule has 0 radical (unpaired) electrons. The standard InChI is InChI=1S/C17H22N4O/c1-10(22)20-11-5-6-13(20)12-9-18-16-8-15(17(2,3)4)19-21(16)14(12)7-11/h8-9,11,13H,5-7H2,1-4H3/t11-,13+/m0/s1. The fraction of sp³-hybridized carbons (Fsp3) is 0.588. The topological polar surface area (TPSA) is 50.5 Å². The highest BCUT2D eigenvalue weighted by Crippen LogP contribution is 2.43. The number of nitrogens with zero attached hydrogens (tertiary/aromatic N) is 4. The van der Waals surface area contributed by atoms with Crippen molar-refractivity contribution in [3.05, 3.63) is 29.2 Å². The van der Waals surface area contributed by atoms with Crippen molar-refractivity contribution in [3.8, 4) is 0 Å². The third kappa shape index (κ3) is 1.81. The number of hydrogen-bond donors (Lipinski definition) is 0. The fourth-order valence-electron chi connectivity index (χ4n) is 3.93. The molecule has 5 heteroatoms. The highest BCUT2D eigenvalue weighted by atomic mass is 16.2. The van der Waals surface area contributed by atoms with E-state index in [1.54, 1.807) is 6.92 Å². The Kier molecular flexibility index (Phi) is 2.69. The fourth-order valence-corrected chi connectivity index (χ4v) is 3.93. The minimum atomic E-state index is 0.0135. The summed E-state index contributed by atoms with van der Waals surface area (Å²) in [6.07, 6.45) is 4.96. The minimum Gasteiger partial charge on any atom is -0.332 e. The van der Waals surface area contributed by atoms with Gasteiger partial charge in [0.05, 0.1) is 17.4 Å². The van der Waals surface area contributed by atoms with Crippen molar-refractivity contribution in [1.29, 1.82) is 0 Å². The molecule has 5 nitrogen and oxygen atoms in total. The maximum Gasteiger partial charge on any atom is 0.220 e. The lowest BCUT2D eigenvalue weighted by Crippen LogP contribution is -2.41. The molecule has 4 heterocycles. The Hall–Kier alpha value is -1.91. The predicted molar refractivity (Wildman–Crippen MR) is 83.7 cm³/mol. The van der Waals surface area contributed by atoms with Crippen LogP contribution in [0.15, 0.2) is 12.3 Å². The molecule has 1 fully saturated rings. The van der Waals surface area contributed by atoms with Gasteiger partial charge in [-0.25, -0.2) is 9.50 Å². The molecule has 2 aliphatic heterocycles. The second kappa shape index (κ2) is 4.31. The van der Waals surface area contributed by atoms with Gasteiger partial charge in [-0.2, -0.15) is 5.10 Å². The molecule has 0 aliphatic carbocycles. The first-order valence-electron chi connectivity index (χ1n) is 8.03. The van der Waals surface area contributed by atoms with Gasteiger partial charge in [-0.3, -0.25) is 4.79 Å². The van der Waals surface area contributed by atoms with Crippen LogP contribution in [0.2, 0.25) is 0 Å². The number of rotatable bonds is 0. The van der Waals surface area contributed by atoms with Gasteiger partial charge in [0.2, 0.25) is 5.91 Å². The van der Waals surface area contributed by atoms with Gasteiger partial charge in [0, 0.05) is 42.6 Å². The van der Waals surface area contributed by atoms with E-state index in [9.17, 15) is 4.79 Å². The van der Waals surface area contributed by atoms with Crippen LogP contribution in [0.3, 0.4) is 0 Å². The molecule has 22 heavy (non-hydrogen) atoms. The van der Waals surface area contributed by atoms with Crippen molar-refractivity contribution in [1.82, 2.24) is 19.5 Å². The SMILES string of the molecule is CC(=O)N1[C@H]2CC[C@@H]1c1cnc3cc(C(C)(C)C)nn3c1C2. The first kappa shape index (κ1) is 13.7. The van der Waals surface area contributed by atoms with Crippen LogP contribution in [0.4, 0.5) is 0 Å². The number of carbonyl (C=O) groups excluding carboxylic acids is 1. The van der Waals surface area contributed by atoms with E-state index in [1.807, 2.05) is 15.6 Å². The molecule has 0 unspecified atom stereocenters. The Bertz CT molecular complexity index is 771. The van der Waals surface area contributed by atoms with Crippen LogP contribution in [0, 0.1) is 0 Å². The maximum atomic E-state index is 12.0. The molecule has 2 aliphatic rings. The average Bonchev–Trinajstić information content (AvgIpc) is 2.99. The summed E-state index contributed by atoms with van der Waals surface area (Å²) in [4.78, 5) is 18.6. The maximum absolute atomic E-state index is 12.0. The largest absolute Gasteiger partial charge is 0.332 e. The highest BCUT2D eigenvalue weighted by Gasteiger charge is 2.42. The van der Waals surface area contributed by atoms with Gasteiger partial charge >= 0.3 is 0 Å². The summed E-state index contributed by atoms with van der Waals surface area (Å²) in [7, 11) is 0. The van der Waals surface area contributed by atoms with E-state index >= 15 is 0 Å². The quantitative estimate of drug-likeness (QED) is 0.751. The minimum absolute atomic E-state index is 0.0135. The van der Waals surface area contributed by atoms with Crippen LogP contribution in [0.1, 0.15) is 63.5 Å². The average molecular weight is 298 g/mol. The lowest BCUT2D eigenvalue weighted by atomic mass is 9.93. The molecule has 0 saturated carbocycles. The van der Waals surface area contributed by atoms with Crippen LogP contribution in [-0.2, 0) is 16.6 Å². The van der Waals surface area contributed by atoms with Crippen molar-refractivity contribution in [3.63, 3.8) is 0 Å². The molecule has 4 rings (SSSR count). The molecule has 1 amide bonds. The number of carbonyl (C=O) groups is 1. The lowest BCUT2D eigenvalue weighted by Gasteiger charge is -2.35. The van der Waals surface area contributed by atoms with Crippen LogP contribution in [0.5, 0.6) is 0 Å². The predicted octanol–water partition coefficient (Wildman–Crippen LogP) is 2.63. The first-order valence-corrected chi connectivity index (χ1v) is 8.03. The van der Waals surface area contributed by atoms with Gasteiger partial charge in [-0.1, -0.05) is 20.8 Å². The zero-order chi connectivity index (χ0) is 15.6. The lowest BCUT2D eigenvalue weighted by molar-refractivity contribution is -0.132. The Morgan fingerprint density at radius 1 is 1.32 bits per heavy atom. The molecule has 116 valence electrons. The van der Waals surface area contributed by atoms with E-state index in [1.165, 1.54) is 11.3 Å². The summed E-state index contributed by atoms with van der Waals surface area (Å²) in [5, 5.41) is 4.81. The van der Waals surface area contributed by atoms with E-state index in [4.69, 9.17) is 5.10 Å². The van der Waals surface area contributed by atoms with Crippen LogP contribution >= 0.6 is 0 Å². The zero-order valence-corrected chi connectivity index (χ0v) is 13.6. The molecule has 2 aromatic rings. The Balaban J connectivity index is 1.89. The summed E-state index contributed by atoms with van der Waals surface area (Å²) in [5.74, 6) is 0.175. The third-order valence-electron chi connectivity index (χ3n) is 5.04. The normalized spacial score (nSPS) is 23.9. The summed E-state index contributed by atoms with van der Waals surface area (Å²) in [6.45, 7) is 8.18. The van der Waals surface area contributed by atoms with E-state index in [2.05, 4.69) is 31.8 Å².